The number of amides is 1. The highest BCUT2D eigenvalue weighted by molar-refractivity contribution is 7.09. The minimum Gasteiger partial charge on any atom is -0.505 e. The SMILES string of the molecule is COC(=O)c1cccc(NC(=O)Cc2csc(C)n2)c1O. The van der Waals surface area contributed by atoms with E-state index in [9.17, 15) is 14.7 Å². The largest absolute Gasteiger partial charge is 0.505 e. The van der Waals surface area contributed by atoms with E-state index in [4.69, 9.17) is 0 Å². The third-order valence-corrected chi connectivity index (χ3v) is 3.55. The van der Waals surface area contributed by atoms with Crippen molar-refractivity contribution >= 4 is 28.9 Å². The van der Waals surface area contributed by atoms with Gasteiger partial charge in [0, 0.05) is 5.38 Å². The Bertz CT molecular complexity index is 681. The highest BCUT2D eigenvalue weighted by atomic mass is 32.1. The summed E-state index contributed by atoms with van der Waals surface area (Å²) >= 11 is 1.46. The van der Waals surface area contributed by atoms with E-state index in [1.165, 1.54) is 30.6 Å². The zero-order chi connectivity index (χ0) is 15.4. The molecular weight excluding hydrogens is 292 g/mol. The standard InChI is InChI=1S/C14H14N2O4S/c1-8-15-9(7-21-8)6-12(17)16-11-5-3-4-10(13(11)18)14(19)20-2/h3-5,7,18H,6H2,1-2H3,(H,16,17). The number of para-hydroxylation sites is 1. The molecule has 7 heteroatoms. The molecule has 1 amide bonds. The third-order valence-electron chi connectivity index (χ3n) is 2.72. The molecule has 2 N–H and O–H groups in total. The molecule has 0 aliphatic heterocycles. The first-order chi connectivity index (χ1) is 10.0. The number of anilines is 1. The maximum absolute atomic E-state index is 11.9. The maximum Gasteiger partial charge on any atom is 0.341 e. The van der Waals surface area contributed by atoms with Gasteiger partial charge < -0.3 is 15.2 Å². The average molecular weight is 306 g/mol. The lowest BCUT2D eigenvalue weighted by atomic mass is 10.1. The number of methoxy groups -OCH3 is 1. The molecule has 1 aromatic carbocycles. The second-order valence-electron chi connectivity index (χ2n) is 4.28. The van der Waals surface area contributed by atoms with Gasteiger partial charge in [-0.2, -0.15) is 0 Å². The van der Waals surface area contributed by atoms with E-state index in [0.717, 1.165) is 5.01 Å². The number of ether oxygens (including phenoxy) is 1. The van der Waals surface area contributed by atoms with Crippen molar-refractivity contribution in [3.8, 4) is 5.75 Å². The first kappa shape index (κ1) is 15.0. The molecular formula is C14H14N2O4S. The Morgan fingerprint density at radius 3 is 2.81 bits per heavy atom. The Kier molecular flexibility index (Phi) is 4.54. The van der Waals surface area contributed by atoms with Gasteiger partial charge in [-0.3, -0.25) is 4.79 Å². The lowest BCUT2D eigenvalue weighted by Crippen LogP contribution is -2.15. The molecule has 0 radical (unpaired) electrons. The van der Waals surface area contributed by atoms with E-state index in [-0.39, 0.29) is 29.3 Å². The highest BCUT2D eigenvalue weighted by Crippen LogP contribution is 2.28. The predicted molar refractivity (Wildman–Crippen MR) is 78.6 cm³/mol. The van der Waals surface area contributed by atoms with Crippen molar-refractivity contribution in [2.45, 2.75) is 13.3 Å². The van der Waals surface area contributed by atoms with Crippen LogP contribution in [0.4, 0.5) is 5.69 Å². The van der Waals surface area contributed by atoms with Gasteiger partial charge >= 0.3 is 5.97 Å². The van der Waals surface area contributed by atoms with Crippen molar-refractivity contribution in [1.82, 2.24) is 4.98 Å². The molecule has 21 heavy (non-hydrogen) atoms. The highest BCUT2D eigenvalue weighted by Gasteiger charge is 2.16. The quantitative estimate of drug-likeness (QED) is 0.667. The van der Waals surface area contributed by atoms with Crippen LogP contribution < -0.4 is 5.32 Å². The number of rotatable bonds is 4. The van der Waals surface area contributed by atoms with Gasteiger partial charge in [0.1, 0.15) is 5.56 Å². The van der Waals surface area contributed by atoms with E-state index < -0.39 is 5.97 Å². The van der Waals surface area contributed by atoms with E-state index in [2.05, 4.69) is 15.0 Å². The Morgan fingerprint density at radius 2 is 2.19 bits per heavy atom. The predicted octanol–water partition coefficient (Wildman–Crippen LogP) is 2.12. The minimum absolute atomic E-state index is 0.000183. The summed E-state index contributed by atoms with van der Waals surface area (Å²) in [4.78, 5) is 27.6. The van der Waals surface area contributed by atoms with E-state index in [1.54, 1.807) is 11.4 Å². The molecule has 0 fully saturated rings. The number of nitrogens with zero attached hydrogens (tertiary/aromatic N) is 1. The van der Waals surface area contributed by atoms with Crippen molar-refractivity contribution in [3.05, 3.63) is 39.8 Å². The van der Waals surface area contributed by atoms with Gasteiger partial charge in [-0.1, -0.05) is 6.07 Å². The summed E-state index contributed by atoms with van der Waals surface area (Å²) < 4.78 is 4.56. The summed E-state index contributed by atoms with van der Waals surface area (Å²) in [5.74, 6) is -1.30. The van der Waals surface area contributed by atoms with Gasteiger partial charge in [0.25, 0.3) is 0 Å². The van der Waals surface area contributed by atoms with Gasteiger partial charge in [0.05, 0.1) is 29.9 Å². The molecule has 0 bridgehead atoms. The second-order valence-corrected chi connectivity index (χ2v) is 5.34. The fourth-order valence-corrected chi connectivity index (χ4v) is 2.38. The van der Waals surface area contributed by atoms with Crippen LogP contribution in [0.15, 0.2) is 23.6 Å². The minimum atomic E-state index is -0.668. The van der Waals surface area contributed by atoms with Crippen molar-refractivity contribution < 1.29 is 19.4 Å². The molecule has 1 heterocycles. The van der Waals surface area contributed by atoms with Crippen LogP contribution in [-0.4, -0.2) is 29.1 Å². The molecule has 0 spiro atoms. The number of benzene rings is 1. The Morgan fingerprint density at radius 1 is 1.43 bits per heavy atom. The number of aryl methyl sites for hydroxylation is 1. The van der Waals surface area contributed by atoms with Crippen LogP contribution in [0.1, 0.15) is 21.1 Å². The fraction of sp³-hybridized carbons (Fsp3) is 0.214. The second kappa shape index (κ2) is 6.36. The molecule has 110 valence electrons. The molecule has 0 unspecified atom stereocenters. The lowest BCUT2D eigenvalue weighted by Gasteiger charge is -2.09. The van der Waals surface area contributed by atoms with Gasteiger partial charge in [-0.25, -0.2) is 9.78 Å². The molecule has 1 aromatic heterocycles. The molecule has 6 nitrogen and oxygen atoms in total. The summed E-state index contributed by atoms with van der Waals surface area (Å²) in [6, 6.07) is 4.47. The number of carbonyl (C=O) groups is 2. The number of thiazole rings is 1. The van der Waals surface area contributed by atoms with Crippen molar-refractivity contribution in [3.63, 3.8) is 0 Å². The van der Waals surface area contributed by atoms with Crippen LogP contribution in [0.2, 0.25) is 0 Å². The summed E-state index contributed by atoms with van der Waals surface area (Å²) in [6.07, 6.45) is 0.103. The summed E-state index contributed by atoms with van der Waals surface area (Å²) in [5.41, 5.74) is 0.827. The van der Waals surface area contributed by atoms with Gasteiger partial charge in [-0.15, -0.1) is 11.3 Å². The fourth-order valence-electron chi connectivity index (χ4n) is 1.77. The molecule has 0 saturated carbocycles. The normalized spacial score (nSPS) is 10.2. The average Bonchev–Trinajstić information content (AvgIpc) is 2.85. The molecule has 0 atom stereocenters. The van der Waals surface area contributed by atoms with Crippen LogP contribution >= 0.6 is 11.3 Å². The number of phenolic OH excluding ortho intramolecular Hbond substituents is 1. The van der Waals surface area contributed by atoms with Gasteiger partial charge in [-0.05, 0) is 19.1 Å². The van der Waals surface area contributed by atoms with Crippen molar-refractivity contribution in [2.75, 3.05) is 12.4 Å². The number of hydrogen-bond acceptors (Lipinski definition) is 6. The zero-order valence-electron chi connectivity index (χ0n) is 11.5. The molecule has 0 aliphatic carbocycles. The molecule has 0 saturated heterocycles. The van der Waals surface area contributed by atoms with E-state index in [0.29, 0.717) is 5.69 Å². The number of carbonyl (C=O) groups excluding carboxylic acids is 2. The number of phenols is 1. The first-order valence-corrected chi connectivity index (χ1v) is 7.00. The number of esters is 1. The van der Waals surface area contributed by atoms with E-state index >= 15 is 0 Å². The van der Waals surface area contributed by atoms with Crippen molar-refractivity contribution in [2.24, 2.45) is 0 Å². The summed E-state index contributed by atoms with van der Waals surface area (Å²) in [6.45, 7) is 1.86. The number of aromatic nitrogens is 1. The van der Waals surface area contributed by atoms with Gasteiger partial charge in [0.15, 0.2) is 5.75 Å². The van der Waals surface area contributed by atoms with Crippen LogP contribution in [0, 0.1) is 6.92 Å². The zero-order valence-corrected chi connectivity index (χ0v) is 12.4. The maximum atomic E-state index is 11.9. The Hall–Kier alpha value is -2.41. The molecule has 2 rings (SSSR count). The van der Waals surface area contributed by atoms with Crippen molar-refractivity contribution in [1.29, 1.82) is 0 Å². The topological polar surface area (TPSA) is 88.5 Å². The Balaban J connectivity index is 2.12. The first-order valence-electron chi connectivity index (χ1n) is 6.12. The smallest absolute Gasteiger partial charge is 0.341 e. The van der Waals surface area contributed by atoms with Crippen LogP contribution in [0.25, 0.3) is 0 Å². The molecule has 0 aliphatic rings. The number of nitrogens with one attached hydrogen (secondary N) is 1. The van der Waals surface area contributed by atoms with Crippen LogP contribution in [0.3, 0.4) is 0 Å². The monoisotopic (exact) mass is 306 g/mol. The summed E-state index contributed by atoms with van der Waals surface area (Å²) in [5, 5.41) is 15.2. The van der Waals surface area contributed by atoms with Crippen LogP contribution in [-0.2, 0) is 16.0 Å². The molecule has 2 aromatic rings. The summed E-state index contributed by atoms with van der Waals surface area (Å²) in [7, 11) is 1.22. The lowest BCUT2D eigenvalue weighted by molar-refractivity contribution is -0.115. The van der Waals surface area contributed by atoms with Crippen LogP contribution in [0.5, 0.6) is 5.75 Å². The van der Waals surface area contributed by atoms with E-state index in [1.807, 2.05) is 6.92 Å². The van der Waals surface area contributed by atoms with Gasteiger partial charge in [0.2, 0.25) is 5.91 Å². The number of hydrogen-bond donors (Lipinski definition) is 2. The third kappa shape index (κ3) is 3.57. The Labute approximate surface area is 125 Å². The number of aromatic hydroxyl groups is 1.